The molecule has 0 N–H and O–H groups in total. The zero-order chi connectivity index (χ0) is 14.5. The topological polar surface area (TPSA) is 60.4 Å². The molecular formula is C13H16O4S2. The van der Waals surface area contributed by atoms with Crippen molar-refractivity contribution >= 4 is 27.6 Å². The van der Waals surface area contributed by atoms with Gasteiger partial charge in [0.1, 0.15) is 0 Å². The fourth-order valence-electron chi connectivity index (χ4n) is 1.25. The summed E-state index contributed by atoms with van der Waals surface area (Å²) in [6, 6.07) is 6.51. The number of hydrogen-bond donors (Lipinski definition) is 0. The SMILES string of the molecule is C=C(CSc1ccc(S(C)(=O)=O)cc1)C(=O)OCC. The smallest absolute Gasteiger partial charge is 0.334 e. The van der Waals surface area contributed by atoms with Crippen molar-refractivity contribution in [3.8, 4) is 0 Å². The zero-order valence-corrected chi connectivity index (χ0v) is 12.5. The normalized spacial score (nSPS) is 11.1. The summed E-state index contributed by atoms with van der Waals surface area (Å²) < 4.78 is 27.4. The first-order valence-corrected chi connectivity index (χ1v) is 8.50. The molecule has 6 heteroatoms. The van der Waals surface area contributed by atoms with E-state index in [4.69, 9.17) is 4.74 Å². The molecule has 0 atom stereocenters. The van der Waals surface area contributed by atoms with Gasteiger partial charge in [0.2, 0.25) is 0 Å². The number of hydrogen-bond acceptors (Lipinski definition) is 5. The van der Waals surface area contributed by atoms with Gasteiger partial charge in [0.05, 0.1) is 11.5 Å². The first-order valence-electron chi connectivity index (χ1n) is 5.62. The monoisotopic (exact) mass is 300 g/mol. The third-order valence-corrected chi connectivity index (χ3v) is 4.46. The van der Waals surface area contributed by atoms with Crippen molar-refractivity contribution in [1.29, 1.82) is 0 Å². The predicted octanol–water partition coefficient (Wildman–Crippen LogP) is 2.30. The molecule has 0 aliphatic heterocycles. The maximum atomic E-state index is 11.3. The van der Waals surface area contributed by atoms with Crippen LogP contribution in [-0.2, 0) is 19.4 Å². The molecule has 0 fully saturated rings. The first-order chi connectivity index (χ1) is 8.84. The van der Waals surface area contributed by atoms with Crippen LogP contribution in [0.1, 0.15) is 6.92 Å². The Morgan fingerprint density at radius 2 is 1.89 bits per heavy atom. The molecule has 0 aliphatic carbocycles. The van der Waals surface area contributed by atoms with Crippen LogP contribution in [0.4, 0.5) is 0 Å². The van der Waals surface area contributed by atoms with E-state index in [0.717, 1.165) is 11.2 Å². The first kappa shape index (κ1) is 15.8. The van der Waals surface area contributed by atoms with Gasteiger partial charge in [-0.05, 0) is 31.2 Å². The molecule has 0 saturated heterocycles. The number of thioether (sulfide) groups is 1. The Labute approximate surface area is 117 Å². The van der Waals surface area contributed by atoms with Gasteiger partial charge in [-0.15, -0.1) is 11.8 Å². The fraction of sp³-hybridized carbons (Fsp3) is 0.308. The highest BCUT2D eigenvalue weighted by molar-refractivity contribution is 7.99. The quantitative estimate of drug-likeness (QED) is 0.458. The molecule has 0 radical (unpaired) electrons. The lowest BCUT2D eigenvalue weighted by Crippen LogP contribution is -2.08. The maximum absolute atomic E-state index is 11.3. The summed E-state index contributed by atoms with van der Waals surface area (Å²) in [5.41, 5.74) is 0.388. The van der Waals surface area contributed by atoms with Crippen molar-refractivity contribution in [2.45, 2.75) is 16.7 Å². The lowest BCUT2D eigenvalue weighted by Gasteiger charge is -2.05. The number of carbonyl (C=O) groups is 1. The molecule has 0 bridgehead atoms. The molecule has 0 saturated carbocycles. The van der Waals surface area contributed by atoms with Crippen molar-refractivity contribution in [2.75, 3.05) is 18.6 Å². The van der Waals surface area contributed by atoms with Crippen LogP contribution in [0, 0.1) is 0 Å². The molecule has 0 amide bonds. The predicted molar refractivity (Wildman–Crippen MR) is 76.0 cm³/mol. The number of benzene rings is 1. The third-order valence-electron chi connectivity index (χ3n) is 2.23. The molecule has 1 aromatic carbocycles. The Hall–Kier alpha value is -1.27. The highest BCUT2D eigenvalue weighted by atomic mass is 32.2. The Bertz CT molecular complexity index is 559. The van der Waals surface area contributed by atoms with E-state index in [1.807, 2.05) is 0 Å². The van der Waals surface area contributed by atoms with Crippen LogP contribution in [0.3, 0.4) is 0 Å². The lowest BCUT2D eigenvalue weighted by molar-refractivity contribution is -0.138. The van der Waals surface area contributed by atoms with Gasteiger partial charge in [-0.2, -0.15) is 0 Å². The van der Waals surface area contributed by atoms with Gasteiger partial charge in [0.15, 0.2) is 9.84 Å². The lowest BCUT2D eigenvalue weighted by atomic mass is 10.3. The standard InChI is InChI=1S/C13H16O4S2/c1-4-17-13(14)10(2)9-18-11-5-7-12(8-6-11)19(3,15)16/h5-8H,2,4,9H2,1,3H3. The van der Waals surface area contributed by atoms with Crippen molar-refractivity contribution in [1.82, 2.24) is 0 Å². The maximum Gasteiger partial charge on any atom is 0.334 e. The fourth-order valence-corrected chi connectivity index (χ4v) is 2.66. The van der Waals surface area contributed by atoms with Gasteiger partial charge < -0.3 is 4.74 Å². The molecule has 0 unspecified atom stereocenters. The summed E-state index contributed by atoms with van der Waals surface area (Å²) in [7, 11) is -3.17. The Morgan fingerprint density at radius 1 is 1.32 bits per heavy atom. The van der Waals surface area contributed by atoms with Gasteiger partial charge in [-0.1, -0.05) is 6.58 Å². The zero-order valence-electron chi connectivity index (χ0n) is 10.9. The van der Waals surface area contributed by atoms with E-state index in [1.54, 1.807) is 31.2 Å². The van der Waals surface area contributed by atoms with Crippen molar-refractivity contribution in [3.05, 3.63) is 36.4 Å². The van der Waals surface area contributed by atoms with Crippen LogP contribution >= 0.6 is 11.8 Å². The number of sulfone groups is 1. The van der Waals surface area contributed by atoms with Crippen LogP contribution in [0.25, 0.3) is 0 Å². The highest BCUT2D eigenvalue weighted by Gasteiger charge is 2.09. The molecule has 1 rings (SSSR count). The molecule has 19 heavy (non-hydrogen) atoms. The Kier molecular flexibility index (Phi) is 5.62. The molecule has 104 valence electrons. The summed E-state index contributed by atoms with van der Waals surface area (Å²) in [6.07, 6.45) is 1.16. The van der Waals surface area contributed by atoms with Crippen molar-refractivity contribution in [2.24, 2.45) is 0 Å². The minimum Gasteiger partial charge on any atom is -0.463 e. The second-order valence-electron chi connectivity index (χ2n) is 3.86. The van der Waals surface area contributed by atoms with Gasteiger partial charge in [0, 0.05) is 22.5 Å². The average Bonchev–Trinajstić information content (AvgIpc) is 2.35. The summed E-state index contributed by atoms with van der Waals surface area (Å²) in [5.74, 6) is 0.0135. The second-order valence-corrected chi connectivity index (χ2v) is 6.92. The number of carbonyl (C=O) groups excluding carboxylic acids is 1. The van der Waals surface area contributed by atoms with Crippen LogP contribution in [0.15, 0.2) is 46.2 Å². The largest absolute Gasteiger partial charge is 0.463 e. The molecular weight excluding hydrogens is 284 g/mol. The van der Waals surface area contributed by atoms with Gasteiger partial charge in [-0.3, -0.25) is 0 Å². The number of esters is 1. The Balaban J connectivity index is 2.60. The van der Waals surface area contributed by atoms with E-state index in [2.05, 4.69) is 6.58 Å². The average molecular weight is 300 g/mol. The van der Waals surface area contributed by atoms with Gasteiger partial charge in [0.25, 0.3) is 0 Å². The van der Waals surface area contributed by atoms with Crippen LogP contribution < -0.4 is 0 Å². The van der Waals surface area contributed by atoms with Crippen molar-refractivity contribution in [3.63, 3.8) is 0 Å². The minimum absolute atomic E-state index is 0.279. The van der Waals surface area contributed by atoms with E-state index in [-0.39, 0.29) is 4.90 Å². The van der Waals surface area contributed by atoms with Crippen LogP contribution in [0.5, 0.6) is 0 Å². The molecule has 0 aromatic heterocycles. The molecule has 4 nitrogen and oxygen atoms in total. The van der Waals surface area contributed by atoms with E-state index in [1.165, 1.54) is 11.8 Å². The van der Waals surface area contributed by atoms with Crippen LogP contribution in [0.2, 0.25) is 0 Å². The van der Waals surface area contributed by atoms with E-state index in [9.17, 15) is 13.2 Å². The highest BCUT2D eigenvalue weighted by Crippen LogP contribution is 2.22. The number of ether oxygens (including phenoxy) is 1. The summed E-state index contributed by atoms with van der Waals surface area (Å²) in [6.45, 7) is 5.72. The molecule has 0 spiro atoms. The summed E-state index contributed by atoms with van der Waals surface area (Å²) in [5, 5.41) is 0. The summed E-state index contributed by atoms with van der Waals surface area (Å²) in [4.78, 5) is 12.5. The third kappa shape index (κ3) is 5.08. The van der Waals surface area contributed by atoms with Gasteiger partial charge >= 0.3 is 5.97 Å². The van der Waals surface area contributed by atoms with E-state index < -0.39 is 15.8 Å². The minimum atomic E-state index is -3.17. The van der Waals surface area contributed by atoms with E-state index in [0.29, 0.717) is 17.9 Å². The van der Waals surface area contributed by atoms with Crippen LogP contribution in [-0.4, -0.2) is 33.0 Å². The van der Waals surface area contributed by atoms with Gasteiger partial charge in [-0.25, -0.2) is 13.2 Å². The molecule has 0 heterocycles. The molecule has 0 aliphatic rings. The second kappa shape index (κ2) is 6.77. The van der Waals surface area contributed by atoms with E-state index >= 15 is 0 Å². The Morgan fingerprint density at radius 3 is 2.37 bits per heavy atom. The van der Waals surface area contributed by atoms with Crippen molar-refractivity contribution < 1.29 is 17.9 Å². The summed E-state index contributed by atoms with van der Waals surface area (Å²) >= 11 is 1.41. The number of rotatable bonds is 6. The molecule has 1 aromatic rings.